The standard InChI is InChI=1S/C13H15ClN2O3/c1-3-7-16(9-12(17)19-4-2)13(18)10-8-15-6-5-11(10)14/h3,5-6,8H,1,4,7,9H2,2H3. The number of esters is 1. The molecule has 1 aromatic heterocycles. The zero-order chi connectivity index (χ0) is 14.3. The number of aromatic nitrogens is 1. The molecule has 0 aliphatic heterocycles. The quantitative estimate of drug-likeness (QED) is 0.591. The fourth-order valence-corrected chi connectivity index (χ4v) is 1.63. The molecule has 1 aromatic rings. The number of ether oxygens (including phenoxy) is 1. The number of nitrogens with zero attached hydrogens (tertiary/aromatic N) is 2. The van der Waals surface area contributed by atoms with Gasteiger partial charge in [0.2, 0.25) is 0 Å². The van der Waals surface area contributed by atoms with Gasteiger partial charge in [0.25, 0.3) is 5.91 Å². The number of halogens is 1. The summed E-state index contributed by atoms with van der Waals surface area (Å²) in [5.41, 5.74) is 0.246. The van der Waals surface area contributed by atoms with Crippen molar-refractivity contribution in [3.8, 4) is 0 Å². The largest absolute Gasteiger partial charge is 0.465 e. The Morgan fingerprint density at radius 1 is 1.58 bits per heavy atom. The van der Waals surface area contributed by atoms with Gasteiger partial charge in [-0.1, -0.05) is 17.7 Å². The highest BCUT2D eigenvalue weighted by Gasteiger charge is 2.20. The third-order valence-corrected chi connectivity index (χ3v) is 2.59. The van der Waals surface area contributed by atoms with Gasteiger partial charge in [0.15, 0.2) is 0 Å². The van der Waals surface area contributed by atoms with E-state index in [-0.39, 0.29) is 36.2 Å². The lowest BCUT2D eigenvalue weighted by Gasteiger charge is -2.20. The molecule has 0 radical (unpaired) electrons. The number of rotatable bonds is 6. The van der Waals surface area contributed by atoms with Gasteiger partial charge in [0.05, 0.1) is 17.2 Å². The van der Waals surface area contributed by atoms with Crippen molar-refractivity contribution in [2.45, 2.75) is 6.92 Å². The molecule has 0 unspecified atom stereocenters. The van der Waals surface area contributed by atoms with E-state index in [9.17, 15) is 9.59 Å². The van der Waals surface area contributed by atoms with Crippen LogP contribution in [-0.4, -0.2) is 41.5 Å². The highest BCUT2D eigenvalue weighted by molar-refractivity contribution is 6.33. The molecule has 0 aliphatic rings. The van der Waals surface area contributed by atoms with E-state index in [0.29, 0.717) is 0 Å². The highest BCUT2D eigenvalue weighted by atomic mass is 35.5. The summed E-state index contributed by atoms with van der Waals surface area (Å²) in [6.45, 7) is 5.60. The van der Waals surface area contributed by atoms with E-state index < -0.39 is 5.97 Å². The number of carbonyl (C=O) groups excluding carboxylic acids is 2. The molecule has 0 saturated heterocycles. The molecule has 1 heterocycles. The van der Waals surface area contributed by atoms with Crippen LogP contribution in [0.5, 0.6) is 0 Å². The third-order valence-electron chi connectivity index (χ3n) is 2.26. The predicted octanol–water partition coefficient (Wildman–Crippen LogP) is 1.93. The van der Waals surface area contributed by atoms with Gasteiger partial charge in [-0.25, -0.2) is 0 Å². The summed E-state index contributed by atoms with van der Waals surface area (Å²) >= 11 is 5.93. The fraction of sp³-hybridized carbons (Fsp3) is 0.308. The normalized spacial score (nSPS) is 9.79. The Kier molecular flexibility index (Phi) is 6.02. The molecule has 0 aliphatic carbocycles. The van der Waals surface area contributed by atoms with Crippen LogP contribution < -0.4 is 0 Å². The number of hydrogen-bond donors (Lipinski definition) is 0. The molecule has 19 heavy (non-hydrogen) atoms. The Morgan fingerprint density at radius 2 is 2.32 bits per heavy atom. The van der Waals surface area contributed by atoms with Gasteiger partial charge in [0, 0.05) is 18.9 Å². The number of hydrogen-bond acceptors (Lipinski definition) is 4. The van der Waals surface area contributed by atoms with Gasteiger partial charge in [-0.15, -0.1) is 6.58 Å². The second kappa shape index (κ2) is 7.53. The van der Waals surface area contributed by atoms with Gasteiger partial charge >= 0.3 is 5.97 Å². The highest BCUT2D eigenvalue weighted by Crippen LogP contribution is 2.15. The van der Waals surface area contributed by atoms with E-state index in [1.807, 2.05) is 0 Å². The van der Waals surface area contributed by atoms with E-state index in [1.54, 1.807) is 6.92 Å². The predicted molar refractivity (Wildman–Crippen MR) is 72.0 cm³/mol. The molecule has 0 saturated carbocycles. The Labute approximate surface area is 116 Å². The van der Waals surface area contributed by atoms with E-state index in [4.69, 9.17) is 16.3 Å². The van der Waals surface area contributed by atoms with Crippen LogP contribution in [0.15, 0.2) is 31.1 Å². The van der Waals surface area contributed by atoms with E-state index in [0.717, 1.165) is 0 Å². The van der Waals surface area contributed by atoms with Crippen LogP contribution in [-0.2, 0) is 9.53 Å². The third kappa shape index (κ3) is 4.37. The number of pyridine rings is 1. The van der Waals surface area contributed by atoms with Crippen molar-refractivity contribution in [3.05, 3.63) is 41.7 Å². The Morgan fingerprint density at radius 3 is 2.89 bits per heavy atom. The molecular formula is C13H15ClN2O3. The van der Waals surface area contributed by atoms with Gasteiger partial charge < -0.3 is 9.64 Å². The first-order valence-electron chi connectivity index (χ1n) is 5.75. The molecule has 0 aromatic carbocycles. The summed E-state index contributed by atoms with van der Waals surface area (Å²) in [7, 11) is 0. The van der Waals surface area contributed by atoms with Gasteiger partial charge in [-0.05, 0) is 13.0 Å². The second-order valence-corrected chi connectivity index (χ2v) is 4.04. The molecule has 5 nitrogen and oxygen atoms in total. The second-order valence-electron chi connectivity index (χ2n) is 3.63. The summed E-state index contributed by atoms with van der Waals surface area (Å²) in [5, 5.41) is 0.290. The summed E-state index contributed by atoms with van der Waals surface area (Å²) in [4.78, 5) is 28.8. The Hall–Kier alpha value is -1.88. The van der Waals surface area contributed by atoms with Crippen LogP contribution in [0.3, 0.4) is 0 Å². The molecule has 0 bridgehead atoms. The zero-order valence-electron chi connectivity index (χ0n) is 10.6. The maximum absolute atomic E-state index is 12.2. The molecule has 0 fully saturated rings. The van der Waals surface area contributed by atoms with Crippen molar-refractivity contribution < 1.29 is 14.3 Å². The lowest BCUT2D eigenvalue weighted by molar-refractivity contribution is -0.143. The SMILES string of the molecule is C=CCN(CC(=O)OCC)C(=O)c1cnccc1Cl. The summed E-state index contributed by atoms with van der Waals surface area (Å²) in [5.74, 6) is -0.858. The Bertz CT molecular complexity index is 477. The maximum Gasteiger partial charge on any atom is 0.325 e. The van der Waals surface area contributed by atoms with Crippen molar-refractivity contribution in [1.29, 1.82) is 0 Å². The average molecular weight is 283 g/mol. The van der Waals surface area contributed by atoms with E-state index in [2.05, 4.69) is 11.6 Å². The first-order valence-corrected chi connectivity index (χ1v) is 6.13. The number of amides is 1. The molecule has 0 spiro atoms. The zero-order valence-corrected chi connectivity index (χ0v) is 11.4. The van der Waals surface area contributed by atoms with Crippen molar-refractivity contribution in [3.63, 3.8) is 0 Å². The van der Waals surface area contributed by atoms with Crippen LogP contribution in [0.1, 0.15) is 17.3 Å². The van der Waals surface area contributed by atoms with Crippen LogP contribution in [0.4, 0.5) is 0 Å². The van der Waals surface area contributed by atoms with Crippen molar-refractivity contribution in [1.82, 2.24) is 9.88 Å². The van der Waals surface area contributed by atoms with Crippen LogP contribution in [0.2, 0.25) is 5.02 Å². The Balaban J connectivity index is 2.87. The topological polar surface area (TPSA) is 59.5 Å². The van der Waals surface area contributed by atoms with E-state index >= 15 is 0 Å². The summed E-state index contributed by atoms with van der Waals surface area (Å²) in [6, 6.07) is 1.52. The molecule has 0 atom stereocenters. The smallest absolute Gasteiger partial charge is 0.325 e. The minimum atomic E-state index is -0.474. The fourth-order valence-electron chi connectivity index (χ4n) is 1.44. The lowest BCUT2D eigenvalue weighted by atomic mass is 10.2. The van der Waals surface area contributed by atoms with Gasteiger partial charge in [-0.3, -0.25) is 14.6 Å². The van der Waals surface area contributed by atoms with Gasteiger partial charge in [-0.2, -0.15) is 0 Å². The lowest BCUT2D eigenvalue weighted by Crippen LogP contribution is -2.36. The monoisotopic (exact) mass is 282 g/mol. The molecule has 102 valence electrons. The molecule has 1 rings (SSSR count). The summed E-state index contributed by atoms with van der Waals surface area (Å²) < 4.78 is 4.82. The minimum absolute atomic E-state index is 0.149. The number of carbonyl (C=O) groups is 2. The summed E-state index contributed by atoms with van der Waals surface area (Å²) in [6.07, 6.45) is 4.38. The van der Waals surface area contributed by atoms with Crippen molar-refractivity contribution >= 4 is 23.5 Å². The first kappa shape index (κ1) is 15.2. The van der Waals surface area contributed by atoms with E-state index in [1.165, 1.54) is 29.4 Å². The maximum atomic E-state index is 12.2. The molecule has 1 amide bonds. The van der Waals surface area contributed by atoms with Crippen LogP contribution in [0.25, 0.3) is 0 Å². The molecule has 6 heteroatoms. The first-order chi connectivity index (χ1) is 9.10. The average Bonchev–Trinajstić information content (AvgIpc) is 2.38. The molecule has 0 N–H and O–H groups in total. The molecular weight excluding hydrogens is 268 g/mol. The van der Waals surface area contributed by atoms with Crippen molar-refractivity contribution in [2.75, 3.05) is 19.7 Å². The van der Waals surface area contributed by atoms with Crippen LogP contribution >= 0.6 is 11.6 Å². The van der Waals surface area contributed by atoms with Crippen LogP contribution in [0, 0.1) is 0 Å². The van der Waals surface area contributed by atoms with Gasteiger partial charge in [0.1, 0.15) is 6.54 Å². The minimum Gasteiger partial charge on any atom is -0.465 e. The van der Waals surface area contributed by atoms with Crippen molar-refractivity contribution in [2.24, 2.45) is 0 Å².